The molecule has 0 saturated carbocycles. The average Bonchev–Trinajstić information content (AvgIpc) is 3.68. The number of hydrogen-bond donors (Lipinski definition) is 0. The molecule has 6 aromatic carbocycles. The molecule has 0 N–H and O–H groups in total. The number of benzene rings is 6. The lowest BCUT2D eigenvalue weighted by molar-refractivity contribution is 0.669. The molecule has 0 aliphatic carbocycles. The van der Waals surface area contributed by atoms with Gasteiger partial charge in [-0.2, -0.15) is 5.26 Å². The van der Waals surface area contributed by atoms with E-state index in [2.05, 4.69) is 131 Å². The highest BCUT2D eigenvalue weighted by atomic mass is 16.3. The summed E-state index contributed by atoms with van der Waals surface area (Å²) in [6.07, 6.45) is 0. The molecule has 3 aromatic heterocycles. The monoisotopic (exact) mass is 537 g/mol. The Morgan fingerprint density at radius 1 is 0.524 bits per heavy atom. The largest absolute Gasteiger partial charge is 0.456 e. The first-order valence-corrected chi connectivity index (χ1v) is 14.1. The van der Waals surface area contributed by atoms with E-state index in [0.29, 0.717) is 5.56 Å². The van der Waals surface area contributed by atoms with Crippen molar-refractivity contribution in [3.05, 3.63) is 132 Å². The molecule has 0 amide bonds. The molecule has 9 aromatic rings. The third-order valence-corrected chi connectivity index (χ3v) is 8.60. The summed E-state index contributed by atoms with van der Waals surface area (Å²) in [6, 6.07) is 44.8. The topological polar surface area (TPSA) is 46.8 Å². The number of para-hydroxylation sites is 3. The number of nitriles is 1. The van der Waals surface area contributed by atoms with Gasteiger partial charge in [0.15, 0.2) is 0 Å². The molecule has 0 aliphatic rings. The number of hydrogen-bond acceptors (Lipinski definition) is 2. The van der Waals surface area contributed by atoms with E-state index in [1.165, 1.54) is 10.9 Å². The van der Waals surface area contributed by atoms with Crippen molar-refractivity contribution in [3.8, 4) is 17.4 Å². The highest BCUT2D eigenvalue weighted by Gasteiger charge is 2.18. The Morgan fingerprint density at radius 3 is 1.93 bits per heavy atom. The van der Waals surface area contributed by atoms with E-state index in [4.69, 9.17) is 4.42 Å². The molecule has 0 atom stereocenters. The van der Waals surface area contributed by atoms with Crippen molar-refractivity contribution in [1.82, 2.24) is 9.13 Å². The Bertz CT molecular complexity index is 2600. The second-order valence-electron chi connectivity index (χ2n) is 11.0. The molecule has 196 valence electrons. The van der Waals surface area contributed by atoms with Crippen LogP contribution in [0.2, 0.25) is 0 Å². The van der Waals surface area contributed by atoms with Crippen LogP contribution in [0.15, 0.2) is 126 Å². The van der Waals surface area contributed by atoms with Crippen LogP contribution in [-0.2, 0) is 0 Å². The van der Waals surface area contributed by atoms with Crippen LogP contribution in [0.5, 0.6) is 0 Å². The maximum absolute atomic E-state index is 10.0. The normalized spacial score (nSPS) is 11.9. The lowest BCUT2D eigenvalue weighted by Gasteiger charge is -2.11. The molecule has 3 heterocycles. The molecule has 0 saturated heterocycles. The molecule has 0 aliphatic heterocycles. The zero-order chi connectivity index (χ0) is 27.9. The number of furan rings is 1. The van der Waals surface area contributed by atoms with Crippen LogP contribution in [0.25, 0.3) is 76.9 Å². The van der Waals surface area contributed by atoms with Crippen LogP contribution in [-0.4, -0.2) is 9.13 Å². The number of aromatic nitrogens is 2. The fourth-order valence-corrected chi connectivity index (χ4v) is 6.77. The van der Waals surface area contributed by atoms with Crippen molar-refractivity contribution in [3.63, 3.8) is 0 Å². The molecular weight excluding hydrogens is 514 g/mol. The van der Waals surface area contributed by atoms with Gasteiger partial charge in [0, 0.05) is 43.7 Å². The minimum atomic E-state index is 0.669. The summed E-state index contributed by atoms with van der Waals surface area (Å²) in [5.74, 6) is 0. The number of rotatable bonds is 2. The SMILES string of the molecule is Cc1ccc2oc3ccc(-n4c5ccccc5c5cc(-n6c7ccccc7c7cccc(C#N)c76)ccc54)cc3c2c1. The van der Waals surface area contributed by atoms with E-state index in [1.54, 1.807) is 0 Å². The van der Waals surface area contributed by atoms with Gasteiger partial charge in [-0.15, -0.1) is 0 Å². The number of aryl methyl sites for hydroxylation is 1. The molecule has 0 radical (unpaired) electrons. The van der Waals surface area contributed by atoms with Gasteiger partial charge < -0.3 is 13.6 Å². The van der Waals surface area contributed by atoms with E-state index in [0.717, 1.165) is 71.5 Å². The zero-order valence-corrected chi connectivity index (χ0v) is 22.8. The first-order valence-electron chi connectivity index (χ1n) is 14.1. The maximum atomic E-state index is 10.0. The van der Waals surface area contributed by atoms with E-state index < -0.39 is 0 Å². The number of nitrogens with zero attached hydrogens (tertiary/aromatic N) is 3. The molecule has 0 fully saturated rings. The Kier molecular flexibility index (Phi) is 4.57. The molecule has 4 heteroatoms. The van der Waals surface area contributed by atoms with Gasteiger partial charge in [0.25, 0.3) is 0 Å². The van der Waals surface area contributed by atoms with Crippen molar-refractivity contribution in [2.24, 2.45) is 0 Å². The lowest BCUT2D eigenvalue weighted by atomic mass is 10.1. The van der Waals surface area contributed by atoms with E-state index in [-0.39, 0.29) is 0 Å². The van der Waals surface area contributed by atoms with Crippen LogP contribution >= 0.6 is 0 Å². The maximum Gasteiger partial charge on any atom is 0.135 e. The van der Waals surface area contributed by atoms with Gasteiger partial charge in [-0.1, -0.05) is 60.2 Å². The predicted octanol–water partition coefficient (Wildman–Crippen LogP) is 9.96. The van der Waals surface area contributed by atoms with Crippen molar-refractivity contribution in [2.75, 3.05) is 0 Å². The third kappa shape index (κ3) is 3.05. The third-order valence-electron chi connectivity index (χ3n) is 8.60. The summed E-state index contributed by atoms with van der Waals surface area (Å²) >= 11 is 0. The molecule has 4 nitrogen and oxygen atoms in total. The van der Waals surface area contributed by atoms with Crippen LogP contribution in [0.3, 0.4) is 0 Å². The van der Waals surface area contributed by atoms with Crippen LogP contribution < -0.4 is 0 Å². The summed E-state index contributed by atoms with van der Waals surface area (Å²) in [7, 11) is 0. The van der Waals surface area contributed by atoms with Gasteiger partial charge in [0.05, 0.1) is 27.6 Å². The van der Waals surface area contributed by atoms with Crippen LogP contribution in [0.1, 0.15) is 11.1 Å². The zero-order valence-electron chi connectivity index (χ0n) is 22.8. The van der Waals surface area contributed by atoms with Gasteiger partial charge >= 0.3 is 0 Å². The second-order valence-corrected chi connectivity index (χ2v) is 11.0. The van der Waals surface area contributed by atoms with Crippen molar-refractivity contribution >= 4 is 65.6 Å². The average molecular weight is 538 g/mol. The molecule has 42 heavy (non-hydrogen) atoms. The van der Waals surface area contributed by atoms with E-state index in [9.17, 15) is 5.26 Å². The summed E-state index contributed by atoms with van der Waals surface area (Å²) < 4.78 is 10.7. The van der Waals surface area contributed by atoms with Gasteiger partial charge in [-0.25, -0.2) is 0 Å². The van der Waals surface area contributed by atoms with Crippen LogP contribution in [0.4, 0.5) is 0 Å². The summed E-state index contributed by atoms with van der Waals surface area (Å²) in [6.45, 7) is 2.11. The Balaban J connectivity index is 1.35. The highest BCUT2D eigenvalue weighted by Crippen LogP contribution is 2.39. The smallest absolute Gasteiger partial charge is 0.135 e. The molecule has 9 rings (SSSR count). The summed E-state index contributed by atoms with van der Waals surface area (Å²) in [5, 5.41) is 16.9. The van der Waals surface area contributed by atoms with Crippen molar-refractivity contribution < 1.29 is 4.42 Å². The van der Waals surface area contributed by atoms with E-state index in [1.807, 2.05) is 12.1 Å². The number of fused-ring (bicyclic) bond motifs is 9. The Morgan fingerprint density at radius 2 is 1.12 bits per heavy atom. The Labute approximate surface area is 240 Å². The second kappa shape index (κ2) is 8.36. The van der Waals surface area contributed by atoms with Crippen molar-refractivity contribution in [2.45, 2.75) is 6.92 Å². The van der Waals surface area contributed by atoms with E-state index >= 15 is 0 Å². The predicted molar refractivity (Wildman–Crippen MR) is 172 cm³/mol. The first-order chi connectivity index (χ1) is 20.7. The quantitative estimate of drug-likeness (QED) is 0.220. The molecule has 0 bridgehead atoms. The first kappa shape index (κ1) is 23.0. The fraction of sp³-hybridized carbons (Fsp3) is 0.0263. The molecule has 0 spiro atoms. The van der Waals surface area contributed by atoms with Crippen molar-refractivity contribution in [1.29, 1.82) is 5.26 Å². The summed E-state index contributed by atoms with van der Waals surface area (Å²) in [5.41, 5.74) is 10.1. The fourth-order valence-electron chi connectivity index (χ4n) is 6.77. The molecular formula is C38H23N3O. The lowest BCUT2D eigenvalue weighted by Crippen LogP contribution is -1.97. The van der Waals surface area contributed by atoms with Gasteiger partial charge in [0.2, 0.25) is 0 Å². The molecule has 0 unspecified atom stereocenters. The van der Waals surface area contributed by atoms with Gasteiger partial charge in [-0.05, 0) is 73.7 Å². The van der Waals surface area contributed by atoms with Gasteiger partial charge in [0.1, 0.15) is 17.2 Å². The Hall–Kier alpha value is -5.79. The highest BCUT2D eigenvalue weighted by molar-refractivity contribution is 6.13. The minimum Gasteiger partial charge on any atom is -0.456 e. The minimum absolute atomic E-state index is 0.669. The summed E-state index contributed by atoms with van der Waals surface area (Å²) in [4.78, 5) is 0. The van der Waals surface area contributed by atoms with Crippen LogP contribution in [0, 0.1) is 18.3 Å². The van der Waals surface area contributed by atoms with Gasteiger partial charge in [-0.3, -0.25) is 0 Å². The standard InChI is InChI=1S/C38H23N3O/c1-23-13-17-36-31(19-23)32-21-25(15-18-37(32)42-36)40-33-11-4-3-9-28(33)30-20-26(14-16-35(30)40)41-34-12-5-2-8-27(34)29-10-6-7-24(22-39)38(29)41/h2-21H,1H3.